The Labute approximate surface area is 149 Å². The van der Waals surface area contributed by atoms with Crippen molar-refractivity contribution in [3.8, 4) is 5.75 Å². The Morgan fingerprint density at radius 2 is 1.92 bits per heavy atom. The van der Waals surface area contributed by atoms with E-state index in [1.807, 2.05) is 53.7 Å². The first-order chi connectivity index (χ1) is 12.3. The van der Waals surface area contributed by atoms with Gasteiger partial charge in [-0.3, -0.25) is 5.01 Å². The third-order valence-corrected chi connectivity index (χ3v) is 4.71. The molecule has 1 saturated carbocycles. The molecule has 2 aromatic rings. The van der Waals surface area contributed by atoms with E-state index < -0.39 is 0 Å². The number of nitrogens with zero attached hydrogens (tertiary/aromatic N) is 2. The van der Waals surface area contributed by atoms with Gasteiger partial charge in [-0.05, 0) is 36.1 Å². The lowest BCUT2D eigenvalue weighted by molar-refractivity contribution is 0.0173. The molecule has 1 fully saturated rings. The summed E-state index contributed by atoms with van der Waals surface area (Å²) in [5, 5.41) is 17.2. The number of ether oxygens (including phenoxy) is 1. The molecule has 4 nitrogen and oxygen atoms in total. The minimum Gasteiger partial charge on any atom is -0.497 e. The first-order valence-electron chi connectivity index (χ1n) is 8.93. The highest BCUT2D eigenvalue weighted by atomic mass is 16.5. The molecule has 0 heterocycles. The van der Waals surface area contributed by atoms with Crippen LogP contribution < -0.4 is 4.74 Å². The van der Waals surface area contributed by atoms with E-state index in [1.54, 1.807) is 7.11 Å². The van der Waals surface area contributed by atoms with Gasteiger partial charge in [-0.1, -0.05) is 55.3 Å². The van der Waals surface area contributed by atoms with Gasteiger partial charge in [0.1, 0.15) is 5.75 Å². The summed E-state index contributed by atoms with van der Waals surface area (Å²) < 4.78 is 5.28. The molecule has 0 saturated heterocycles. The van der Waals surface area contributed by atoms with E-state index in [9.17, 15) is 5.11 Å². The van der Waals surface area contributed by atoms with E-state index in [0.717, 1.165) is 37.0 Å². The molecule has 3 rings (SSSR count). The molecular formula is C21H26N2O2. The van der Waals surface area contributed by atoms with Crippen LogP contribution in [0.1, 0.15) is 36.8 Å². The van der Waals surface area contributed by atoms with Crippen molar-refractivity contribution in [1.29, 1.82) is 0 Å². The van der Waals surface area contributed by atoms with E-state index in [4.69, 9.17) is 9.84 Å². The van der Waals surface area contributed by atoms with E-state index >= 15 is 0 Å². The lowest BCUT2D eigenvalue weighted by atomic mass is 9.92. The summed E-state index contributed by atoms with van der Waals surface area (Å²) in [4.78, 5) is 0. The van der Waals surface area contributed by atoms with Crippen molar-refractivity contribution >= 4 is 6.21 Å². The van der Waals surface area contributed by atoms with Crippen LogP contribution >= 0.6 is 0 Å². The second-order valence-corrected chi connectivity index (χ2v) is 6.52. The number of methoxy groups -OCH3 is 1. The number of rotatable bonds is 6. The van der Waals surface area contributed by atoms with Crippen molar-refractivity contribution < 1.29 is 9.84 Å². The SMILES string of the molecule is COc1cccc(/C=N/N(Cc2ccccc2)[C@@H]2CCCC[C@H]2O)c1. The highest BCUT2D eigenvalue weighted by Gasteiger charge is 2.28. The fourth-order valence-electron chi connectivity index (χ4n) is 3.32. The van der Waals surface area contributed by atoms with Crippen molar-refractivity contribution in [3.05, 3.63) is 65.7 Å². The van der Waals surface area contributed by atoms with Crippen molar-refractivity contribution in [1.82, 2.24) is 5.01 Å². The summed E-state index contributed by atoms with van der Waals surface area (Å²) in [6, 6.07) is 18.2. The molecule has 25 heavy (non-hydrogen) atoms. The summed E-state index contributed by atoms with van der Waals surface area (Å²) in [6.45, 7) is 0.697. The molecule has 132 valence electrons. The molecule has 2 aromatic carbocycles. The number of aliphatic hydroxyl groups is 1. The lowest BCUT2D eigenvalue weighted by Gasteiger charge is -2.35. The van der Waals surface area contributed by atoms with E-state index in [1.165, 1.54) is 5.56 Å². The minimum atomic E-state index is -0.320. The van der Waals surface area contributed by atoms with Gasteiger partial charge < -0.3 is 9.84 Å². The number of benzene rings is 2. The molecule has 0 amide bonds. The molecule has 0 spiro atoms. The Morgan fingerprint density at radius 3 is 2.68 bits per heavy atom. The number of hydrogen-bond acceptors (Lipinski definition) is 4. The zero-order chi connectivity index (χ0) is 17.5. The predicted molar refractivity (Wildman–Crippen MR) is 101 cm³/mol. The summed E-state index contributed by atoms with van der Waals surface area (Å²) in [6.07, 6.45) is 5.60. The van der Waals surface area contributed by atoms with Crippen molar-refractivity contribution in [2.75, 3.05) is 7.11 Å². The largest absolute Gasteiger partial charge is 0.497 e. The van der Waals surface area contributed by atoms with Gasteiger partial charge in [0, 0.05) is 0 Å². The maximum Gasteiger partial charge on any atom is 0.119 e. The maximum atomic E-state index is 10.5. The second kappa shape index (κ2) is 8.67. The standard InChI is InChI=1S/C21H26N2O2/c1-25-19-11-7-10-18(14-19)15-22-23(16-17-8-3-2-4-9-17)20-12-5-6-13-21(20)24/h2-4,7-11,14-15,20-21,24H,5-6,12-13,16H2,1H3/b22-15+/t20-,21-/m1/s1. The summed E-state index contributed by atoms with van der Waals surface area (Å²) in [5.74, 6) is 0.816. The molecular weight excluding hydrogens is 312 g/mol. The van der Waals surface area contributed by atoms with Crippen LogP contribution in [0.4, 0.5) is 0 Å². The maximum absolute atomic E-state index is 10.5. The Morgan fingerprint density at radius 1 is 1.12 bits per heavy atom. The molecule has 2 atom stereocenters. The highest BCUT2D eigenvalue weighted by Crippen LogP contribution is 2.25. The molecule has 1 aliphatic rings. The fourth-order valence-corrected chi connectivity index (χ4v) is 3.32. The third-order valence-electron chi connectivity index (χ3n) is 4.71. The molecule has 1 aliphatic carbocycles. The van der Waals surface area contributed by atoms with Gasteiger partial charge >= 0.3 is 0 Å². The lowest BCUT2D eigenvalue weighted by Crippen LogP contribution is -2.42. The van der Waals surface area contributed by atoms with Crippen LogP contribution in [0.5, 0.6) is 5.75 Å². The molecule has 0 radical (unpaired) electrons. The third kappa shape index (κ3) is 4.83. The Kier molecular flexibility index (Phi) is 6.07. The first-order valence-corrected chi connectivity index (χ1v) is 8.93. The highest BCUT2D eigenvalue weighted by molar-refractivity contribution is 5.80. The van der Waals surface area contributed by atoms with Crippen LogP contribution in [0.3, 0.4) is 0 Å². The molecule has 0 aromatic heterocycles. The van der Waals surface area contributed by atoms with Gasteiger partial charge in [0.25, 0.3) is 0 Å². The average molecular weight is 338 g/mol. The quantitative estimate of drug-likeness (QED) is 0.643. The van der Waals surface area contributed by atoms with Crippen molar-refractivity contribution in [3.63, 3.8) is 0 Å². The minimum absolute atomic E-state index is 0.0656. The van der Waals surface area contributed by atoms with Crippen molar-refractivity contribution in [2.24, 2.45) is 5.10 Å². The van der Waals surface area contributed by atoms with Gasteiger partial charge in [0.15, 0.2) is 0 Å². The first kappa shape index (κ1) is 17.5. The van der Waals surface area contributed by atoms with E-state index in [0.29, 0.717) is 6.54 Å². The molecule has 0 unspecified atom stereocenters. The summed E-state index contributed by atoms with van der Waals surface area (Å²) >= 11 is 0. The molecule has 0 aliphatic heterocycles. The monoisotopic (exact) mass is 338 g/mol. The Balaban J connectivity index is 1.80. The summed E-state index contributed by atoms with van der Waals surface area (Å²) in [5.41, 5.74) is 2.19. The van der Waals surface area contributed by atoms with Gasteiger partial charge in [-0.25, -0.2) is 0 Å². The van der Waals surface area contributed by atoms with E-state index in [2.05, 4.69) is 12.1 Å². The number of hydrogen-bond donors (Lipinski definition) is 1. The fraction of sp³-hybridized carbons (Fsp3) is 0.381. The van der Waals surface area contributed by atoms with Crippen molar-refractivity contribution in [2.45, 2.75) is 44.4 Å². The average Bonchev–Trinajstić information content (AvgIpc) is 2.67. The Hall–Kier alpha value is -2.33. The van der Waals surface area contributed by atoms with Crippen LogP contribution in [0.25, 0.3) is 0 Å². The molecule has 4 heteroatoms. The number of aliphatic hydroxyl groups excluding tert-OH is 1. The van der Waals surface area contributed by atoms with Crippen LogP contribution in [0.2, 0.25) is 0 Å². The zero-order valence-electron chi connectivity index (χ0n) is 14.7. The van der Waals surface area contributed by atoms with Crippen LogP contribution in [0, 0.1) is 0 Å². The van der Waals surface area contributed by atoms with Gasteiger partial charge in [-0.15, -0.1) is 0 Å². The van der Waals surface area contributed by atoms with Gasteiger partial charge in [0.2, 0.25) is 0 Å². The molecule has 1 N–H and O–H groups in total. The predicted octanol–water partition coefficient (Wildman–Crippen LogP) is 3.83. The molecule has 0 bridgehead atoms. The summed E-state index contributed by atoms with van der Waals surface area (Å²) in [7, 11) is 1.66. The van der Waals surface area contributed by atoms with Crippen LogP contribution in [-0.4, -0.2) is 35.6 Å². The van der Waals surface area contributed by atoms with E-state index in [-0.39, 0.29) is 12.1 Å². The smallest absolute Gasteiger partial charge is 0.119 e. The van der Waals surface area contributed by atoms with Gasteiger partial charge in [-0.2, -0.15) is 5.10 Å². The van der Waals surface area contributed by atoms with Gasteiger partial charge in [0.05, 0.1) is 32.0 Å². The zero-order valence-corrected chi connectivity index (χ0v) is 14.7. The number of hydrazone groups is 1. The Bertz CT molecular complexity index is 687. The van der Waals surface area contributed by atoms with Crippen LogP contribution in [-0.2, 0) is 6.54 Å². The topological polar surface area (TPSA) is 45.1 Å². The normalized spacial score (nSPS) is 20.6. The second-order valence-electron chi connectivity index (χ2n) is 6.52. The van der Waals surface area contributed by atoms with Crippen LogP contribution in [0.15, 0.2) is 59.7 Å².